The van der Waals surface area contributed by atoms with Crippen molar-refractivity contribution in [3.8, 4) is 0 Å². The van der Waals surface area contributed by atoms with Gasteiger partial charge in [0.1, 0.15) is 0 Å². The molecule has 1 fully saturated rings. The van der Waals surface area contributed by atoms with Gasteiger partial charge in [0.05, 0.1) is 6.10 Å². The molecule has 1 rings (SSSR count). The molecule has 0 bridgehead atoms. The van der Waals surface area contributed by atoms with E-state index in [0.29, 0.717) is 6.10 Å². The van der Waals surface area contributed by atoms with Gasteiger partial charge in [0.25, 0.3) is 0 Å². The number of hydrogen-bond acceptors (Lipinski definition) is 3. The Labute approximate surface area is 74.0 Å². The normalized spacial score (nSPS) is 21.2. The lowest BCUT2D eigenvalue weighted by molar-refractivity contribution is -0.234. The molecular formula is C9H18O3. The van der Waals surface area contributed by atoms with Crippen molar-refractivity contribution in [2.75, 3.05) is 20.3 Å². The molecule has 0 radical (unpaired) electrons. The topological polar surface area (TPSA) is 27.7 Å². The molecule has 0 N–H and O–H groups in total. The molecule has 12 heavy (non-hydrogen) atoms. The minimum absolute atomic E-state index is 0.300. The van der Waals surface area contributed by atoms with Crippen LogP contribution in [0.3, 0.4) is 0 Å². The fraction of sp³-hybridized carbons (Fsp3) is 1.00. The molecule has 1 aliphatic rings. The van der Waals surface area contributed by atoms with Crippen LogP contribution in [0, 0.1) is 0 Å². The van der Waals surface area contributed by atoms with Crippen LogP contribution < -0.4 is 0 Å². The maximum Gasteiger partial charge on any atom is 0.162 e. The molecule has 1 aliphatic heterocycles. The third-order valence-electron chi connectivity index (χ3n) is 2.11. The molecule has 0 aromatic carbocycles. The molecule has 0 atom stereocenters. The first-order valence-electron chi connectivity index (χ1n) is 4.45. The minimum atomic E-state index is -0.456. The summed E-state index contributed by atoms with van der Waals surface area (Å²) in [6.07, 6.45) is 2.26. The standard InChI is InChI=1S/C9H18O3/c1-9(2,10-3)12-8-4-6-11-7-5-8/h8H,4-7H2,1-3H3. The van der Waals surface area contributed by atoms with Crippen molar-refractivity contribution in [3.05, 3.63) is 0 Å². The van der Waals surface area contributed by atoms with Crippen LogP contribution in [0.25, 0.3) is 0 Å². The zero-order chi connectivity index (χ0) is 9.03. The van der Waals surface area contributed by atoms with Crippen molar-refractivity contribution in [2.45, 2.75) is 38.6 Å². The fourth-order valence-electron chi connectivity index (χ4n) is 1.24. The van der Waals surface area contributed by atoms with E-state index in [1.54, 1.807) is 7.11 Å². The van der Waals surface area contributed by atoms with Gasteiger partial charge in [0, 0.05) is 20.3 Å². The summed E-state index contributed by atoms with van der Waals surface area (Å²) in [6.45, 7) is 5.49. The van der Waals surface area contributed by atoms with Crippen LogP contribution in [-0.4, -0.2) is 32.2 Å². The SMILES string of the molecule is COC(C)(C)OC1CCOCC1. The summed E-state index contributed by atoms with van der Waals surface area (Å²) in [5.41, 5.74) is 0. The van der Waals surface area contributed by atoms with E-state index in [2.05, 4.69) is 0 Å². The van der Waals surface area contributed by atoms with Gasteiger partial charge in [0.2, 0.25) is 0 Å². The van der Waals surface area contributed by atoms with Gasteiger partial charge in [-0.25, -0.2) is 0 Å². The number of ether oxygens (including phenoxy) is 3. The molecule has 0 aromatic rings. The molecule has 0 aromatic heterocycles. The van der Waals surface area contributed by atoms with Crippen molar-refractivity contribution < 1.29 is 14.2 Å². The quantitative estimate of drug-likeness (QED) is 0.608. The molecule has 0 amide bonds. The lowest BCUT2D eigenvalue weighted by Crippen LogP contribution is -2.35. The van der Waals surface area contributed by atoms with Gasteiger partial charge in [-0.1, -0.05) is 0 Å². The summed E-state index contributed by atoms with van der Waals surface area (Å²) >= 11 is 0. The summed E-state index contributed by atoms with van der Waals surface area (Å²) in [5.74, 6) is -0.456. The smallest absolute Gasteiger partial charge is 0.162 e. The summed E-state index contributed by atoms with van der Waals surface area (Å²) in [5, 5.41) is 0. The van der Waals surface area contributed by atoms with E-state index in [0.717, 1.165) is 26.1 Å². The van der Waals surface area contributed by atoms with Crippen LogP contribution in [0.5, 0.6) is 0 Å². The van der Waals surface area contributed by atoms with Crippen molar-refractivity contribution in [3.63, 3.8) is 0 Å². The van der Waals surface area contributed by atoms with Crippen LogP contribution in [-0.2, 0) is 14.2 Å². The summed E-state index contributed by atoms with van der Waals surface area (Å²) in [4.78, 5) is 0. The van der Waals surface area contributed by atoms with E-state index in [4.69, 9.17) is 14.2 Å². The van der Waals surface area contributed by atoms with E-state index in [1.807, 2.05) is 13.8 Å². The Hall–Kier alpha value is -0.120. The van der Waals surface area contributed by atoms with Gasteiger partial charge in [-0.15, -0.1) is 0 Å². The highest BCUT2D eigenvalue weighted by atomic mass is 16.7. The Morgan fingerprint density at radius 2 is 1.83 bits per heavy atom. The molecular weight excluding hydrogens is 156 g/mol. The summed E-state index contributed by atoms with van der Waals surface area (Å²) in [6, 6.07) is 0. The monoisotopic (exact) mass is 174 g/mol. The predicted molar refractivity (Wildman–Crippen MR) is 46.0 cm³/mol. The van der Waals surface area contributed by atoms with Gasteiger partial charge in [-0.05, 0) is 26.7 Å². The molecule has 1 saturated heterocycles. The molecule has 3 nitrogen and oxygen atoms in total. The van der Waals surface area contributed by atoms with Gasteiger partial charge < -0.3 is 14.2 Å². The first-order chi connectivity index (χ1) is 5.64. The highest BCUT2D eigenvalue weighted by Gasteiger charge is 2.24. The van der Waals surface area contributed by atoms with Gasteiger partial charge in [0.15, 0.2) is 5.79 Å². The minimum Gasteiger partial charge on any atom is -0.381 e. The zero-order valence-electron chi connectivity index (χ0n) is 8.13. The Morgan fingerprint density at radius 3 is 2.33 bits per heavy atom. The zero-order valence-corrected chi connectivity index (χ0v) is 8.13. The number of rotatable bonds is 3. The van der Waals surface area contributed by atoms with E-state index >= 15 is 0 Å². The maximum atomic E-state index is 5.73. The fourth-order valence-corrected chi connectivity index (χ4v) is 1.24. The van der Waals surface area contributed by atoms with Crippen LogP contribution >= 0.6 is 0 Å². The van der Waals surface area contributed by atoms with Crippen LogP contribution in [0.4, 0.5) is 0 Å². The first kappa shape index (κ1) is 9.96. The van der Waals surface area contributed by atoms with Gasteiger partial charge in [-0.2, -0.15) is 0 Å². The third-order valence-corrected chi connectivity index (χ3v) is 2.11. The maximum absolute atomic E-state index is 5.73. The van der Waals surface area contributed by atoms with Crippen LogP contribution in [0.15, 0.2) is 0 Å². The van der Waals surface area contributed by atoms with E-state index in [9.17, 15) is 0 Å². The number of methoxy groups -OCH3 is 1. The molecule has 3 heteroatoms. The molecule has 72 valence electrons. The van der Waals surface area contributed by atoms with Crippen molar-refractivity contribution in [1.29, 1.82) is 0 Å². The van der Waals surface area contributed by atoms with Crippen molar-refractivity contribution in [2.24, 2.45) is 0 Å². The van der Waals surface area contributed by atoms with Crippen molar-refractivity contribution >= 4 is 0 Å². The Balaban J connectivity index is 2.28. The third kappa shape index (κ3) is 3.09. The van der Waals surface area contributed by atoms with Gasteiger partial charge in [-0.3, -0.25) is 0 Å². The molecule has 0 spiro atoms. The summed E-state index contributed by atoms with van der Waals surface area (Å²) < 4.78 is 16.1. The number of hydrogen-bond donors (Lipinski definition) is 0. The lowest BCUT2D eigenvalue weighted by atomic mass is 10.1. The second-order valence-electron chi connectivity index (χ2n) is 3.53. The Morgan fingerprint density at radius 1 is 1.25 bits per heavy atom. The lowest BCUT2D eigenvalue weighted by Gasteiger charge is -2.31. The van der Waals surface area contributed by atoms with Crippen LogP contribution in [0.1, 0.15) is 26.7 Å². The Bertz CT molecular complexity index is 128. The average Bonchev–Trinajstić information content (AvgIpc) is 2.06. The van der Waals surface area contributed by atoms with E-state index in [-0.39, 0.29) is 0 Å². The Kier molecular flexibility index (Phi) is 3.50. The average molecular weight is 174 g/mol. The van der Waals surface area contributed by atoms with E-state index in [1.165, 1.54) is 0 Å². The summed E-state index contributed by atoms with van der Waals surface area (Å²) in [7, 11) is 1.67. The molecule has 0 saturated carbocycles. The molecule has 0 unspecified atom stereocenters. The highest BCUT2D eigenvalue weighted by molar-refractivity contribution is 4.66. The van der Waals surface area contributed by atoms with Gasteiger partial charge >= 0.3 is 0 Å². The van der Waals surface area contributed by atoms with Crippen LogP contribution in [0.2, 0.25) is 0 Å². The highest BCUT2D eigenvalue weighted by Crippen LogP contribution is 2.19. The second kappa shape index (κ2) is 4.21. The van der Waals surface area contributed by atoms with E-state index < -0.39 is 5.79 Å². The predicted octanol–water partition coefficient (Wildman–Crippen LogP) is 1.56. The second-order valence-corrected chi connectivity index (χ2v) is 3.53. The first-order valence-corrected chi connectivity index (χ1v) is 4.45. The molecule has 1 heterocycles. The largest absolute Gasteiger partial charge is 0.381 e. The molecule has 0 aliphatic carbocycles. The van der Waals surface area contributed by atoms with Crippen molar-refractivity contribution in [1.82, 2.24) is 0 Å².